The molecule has 2 N–H and O–H groups in total. The Kier molecular flexibility index (Phi) is 3.96. The lowest BCUT2D eigenvalue weighted by molar-refractivity contribution is 0.422. The minimum absolute atomic E-state index is 0.405. The largest absolute Gasteiger partial charge is 0.321 e. The third-order valence-corrected chi connectivity index (χ3v) is 3.42. The zero-order chi connectivity index (χ0) is 13.9. The van der Waals surface area contributed by atoms with Crippen molar-refractivity contribution >= 4 is 0 Å². The van der Waals surface area contributed by atoms with E-state index < -0.39 is 17.2 Å². The first-order chi connectivity index (χ1) is 9.03. The highest BCUT2D eigenvalue weighted by Gasteiger charge is 2.25. The van der Waals surface area contributed by atoms with E-state index in [-0.39, 0.29) is 0 Å². The van der Waals surface area contributed by atoms with Crippen LogP contribution in [-0.4, -0.2) is 0 Å². The molecule has 2 aromatic rings. The van der Waals surface area contributed by atoms with Gasteiger partial charge in [0.15, 0.2) is 0 Å². The fraction of sp³-hybridized carbons (Fsp3) is 0.250. The molecule has 0 fully saturated rings. The number of rotatable bonds is 4. The van der Waals surface area contributed by atoms with Gasteiger partial charge in [-0.2, -0.15) is 0 Å². The van der Waals surface area contributed by atoms with E-state index in [9.17, 15) is 8.78 Å². The zero-order valence-electron chi connectivity index (χ0n) is 10.9. The van der Waals surface area contributed by atoms with Crippen LogP contribution in [-0.2, 0) is 12.0 Å². The van der Waals surface area contributed by atoms with Crippen molar-refractivity contribution in [3.05, 3.63) is 71.3 Å². The summed E-state index contributed by atoms with van der Waals surface area (Å²) in [6.07, 6.45) is 1.09. The maximum Gasteiger partial charge on any atom is 0.126 e. The molecule has 0 amide bonds. The molecule has 0 aliphatic heterocycles. The topological polar surface area (TPSA) is 26.0 Å². The molecule has 0 radical (unpaired) electrons. The second-order valence-corrected chi connectivity index (χ2v) is 4.83. The van der Waals surface area contributed by atoms with Gasteiger partial charge in [-0.3, -0.25) is 0 Å². The molecule has 2 rings (SSSR count). The highest BCUT2D eigenvalue weighted by molar-refractivity contribution is 5.28. The Hall–Kier alpha value is -1.74. The van der Waals surface area contributed by atoms with Gasteiger partial charge < -0.3 is 5.73 Å². The summed E-state index contributed by atoms with van der Waals surface area (Å²) in [5.41, 5.74) is 7.35. The van der Waals surface area contributed by atoms with Crippen LogP contribution in [0.15, 0.2) is 48.5 Å². The first-order valence-corrected chi connectivity index (χ1v) is 6.33. The Morgan fingerprint density at radius 1 is 1.00 bits per heavy atom. The third-order valence-electron chi connectivity index (χ3n) is 3.42. The summed E-state index contributed by atoms with van der Waals surface area (Å²) in [6, 6.07) is 13.2. The first-order valence-electron chi connectivity index (χ1n) is 6.33. The van der Waals surface area contributed by atoms with Gasteiger partial charge in [-0.1, -0.05) is 37.3 Å². The standard InChI is InChI=1S/C16H17F2N/c1-2-16(19,13-6-4-3-5-7-13)11-12-8-14(17)10-15(18)9-12/h3-10H,2,11,19H2,1H3. The average molecular weight is 261 g/mol. The second-order valence-electron chi connectivity index (χ2n) is 4.83. The van der Waals surface area contributed by atoms with Crippen molar-refractivity contribution in [1.82, 2.24) is 0 Å². The van der Waals surface area contributed by atoms with Crippen LogP contribution in [0.2, 0.25) is 0 Å². The molecule has 1 unspecified atom stereocenters. The van der Waals surface area contributed by atoms with Crippen LogP contribution in [0.3, 0.4) is 0 Å². The van der Waals surface area contributed by atoms with Crippen molar-refractivity contribution in [2.24, 2.45) is 5.73 Å². The third kappa shape index (κ3) is 3.18. The summed E-state index contributed by atoms with van der Waals surface area (Å²) >= 11 is 0. The molecule has 0 bridgehead atoms. The Balaban J connectivity index is 2.33. The molecule has 3 heteroatoms. The quantitative estimate of drug-likeness (QED) is 0.890. The van der Waals surface area contributed by atoms with Crippen LogP contribution >= 0.6 is 0 Å². The van der Waals surface area contributed by atoms with Crippen LogP contribution < -0.4 is 5.73 Å². The molecule has 0 saturated carbocycles. The molecule has 0 aromatic heterocycles. The summed E-state index contributed by atoms with van der Waals surface area (Å²) in [6.45, 7) is 1.97. The van der Waals surface area contributed by atoms with Gasteiger partial charge in [0.2, 0.25) is 0 Å². The van der Waals surface area contributed by atoms with Crippen LogP contribution in [0.25, 0.3) is 0 Å². The van der Waals surface area contributed by atoms with Crippen molar-refractivity contribution in [3.63, 3.8) is 0 Å². The molecule has 0 aliphatic rings. The van der Waals surface area contributed by atoms with Crippen molar-refractivity contribution in [1.29, 1.82) is 0 Å². The second kappa shape index (κ2) is 5.49. The lowest BCUT2D eigenvalue weighted by atomic mass is 9.82. The molecule has 2 aromatic carbocycles. The normalized spacial score (nSPS) is 14.1. The molecular weight excluding hydrogens is 244 g/mol. The number of halogens is 2. The molecule has 0 aliphatic carbocycles. The Morgan fingerprint density at radius 2 is 1.58 bits per heavy atom. The number of nitrogens with two attached hydrogens (primary N) is 1. The SMILES string of the molecule is CCC(N)(Cc1cc(F)cc(F)c1)c1ccccc1. The van der Waals surface area contributed by atoms with E-state index in [1.165, 1.54) is 12.1 Å². The predicted octanol–water partition coefficient (Wildman–Crippen LogP) is 3.77. The first kappa shape index (κ1) is 13.7. The van der Waals surface area contributed by atoms with Gasteiger partial charge >= 0.3 is 0 Å². The van der Waals surface area contributed by atoms with Gasteiger partial charge in [0.1, 0.15) is 11.6 Å². The zero-order valence-corrected chi connectivity index (χ0v) is 10.9. The van der Waals surface area contributed by atoms with Crippen LogP contribution in [0.4, 0.5) is 8.78 Å². The van der Waals surface area contributed by atoms with E-state index in [2.05, 4.69) is 0 Å². The van der Waals surface area contributed by atoms with E-state index >= 15 is 0 Å². The molecule has 0 saturated heterocycles. The van der Waals surface area contributed by atoms with E-state index in [1.807, 2.05) is 37.3 Å². The Morgan fingerprint density at radius 3 is 2.11 bits per heavy atom. The smallest absolute Gasteiger partial charge is 0.126 e. The van der Waals surface area contributed by atoms with E-state index in [4.69, 9.17) is 5.73 Å². The summed E-state index contributed by atoms with van der Waals surface area (Å²) in [7, 11) is 0. The molecular formula is C16H17F2N. The van der Waals surface area contributed by atoms with Gasteiger partial charge in [-0.25, -0.2) is 8.78 Å². The lowest BCUT2D eigenvalue weighted by Crippen LogP contribution is -2.38. The summed E-state index contributed by atoms with van der Waals surface area (Å²) in [4.78, 5) is 0. The van der Waals surface area contributed by atoms with Crippen LogP contribution in [0.1, 0.15) is 24.5 Å². The minimum Gasteiger partial charge on any atom is -0.321 e. The predicted molar refractivity (Wildman–Crippen MR) is 72.7 cm³/mol. The molecule has 100 valence electrons. The van der Waals surface area contributed by atoms with Crippen molar-refractivity contribution in [3.8, 4) is 0 Å². The molecule has 19 heavy (non-hydrogen) atoms. The highest BCUT2D eigenvalue weighted by Crippen LogP contribution is 2.27. The highest BCUT2D eigenvalue weighted by atomic mass is 19.1. The summed E-state index contributed by atoms with van der Waals surface area (Å²) in [5.74, 6) is -1.14. The Bertz CT molecular complexity index is 534. The van der Waals surface area contributed by atoms with Gasteiger partial charge in [0, 0.05) is 11.6 Å². The van der Waals surface area contributed by atoms with Gasteiger partial charge in [-0.05, 0) is 36.1 Å². The maximum atomic E-state index is 13.2. The average Bonchev–Trinajstić information content (AvgIpc) is 2.38. The van der Waals surface area contributed by atoms with Gasteiger partial charge in [0.05, 0.1) is 0 Å². The van der Waals surface area contributed by atoms with Crippen molar-refractivity contribution in [2.45, 2.75) is 25.3 Å². The van der Waals surface area contributed by atoms with Crippen molar-refractivity contribution in [2.75, 3.05) is 0 Å². The van der Waals surface area contributed by atoms with Crippen LogP contribution in [0.5, 0.6) is 0 Å². The summed E-state index contributed by atoms with van der Waals surface area (Å²) < 4.78 is 26.5. The number of hydrogen-bond donors (Lipinski definition) is 1. The number of hydrogen-bond acceptors (Lipinski definition) is 1. The van der Waals surface area contributed by atoms with E-state index in [0.29, 0.717) is 18.4 Å². The summed E-state index contributed by atoms with van der Waals surface area (Å²) in [5, 5.41) is 0. The van der Waals surface area contributed by atoms with Crippen LogP contribution in [0, 0.1) is 11.6 Å². The fourth-order valence-electron chi connectivity index (χ4n) is 2.28. The molecule has 1 atom stereocenters. The van der Waals surface area contributed by atoms with E-state index in [0.717, 1.165) is 11.6 Å². The lowest BCUT2D eigenvalue weighted by Gasteiger charge is -2.29. The Labute approximate surface area is 112 Å². The van der Waals surface area contributed by atoms with Gasteiger partial charge in [0.25, 0.3) is 0 Å². The molecule has 0 spiro atoms. The number of benzene rings is 2. The minimum atomic E-state index is -0.610. The van der Waals surface area contributed by atoms with Crippen molar-refractivity contribution < 1.29 is 8.78 Å². The van der Waals surface area contributed by atoms with Gasteiger partial charge in [-0.15, -0.1) is 0 Å². The van der Waals surface area contributed by atoms with E-state index in [1.54, 1.807) is 0 Å². The maximum absolute atomic E-state index is 13.2. The fourth-order valence-corrected chi connectivity index (χ4v) is 2.28. The monoisotopic (exact) mass is 261 g/mol. The molecule has 1 nitrogen and oxygen atoms in total. The molecule has 0 heterocycles.